The molecular formula is C26H28N4O4. The van der Waals surface area contributed by atoms with Gasteiger partial charge in [-0.05, 0) is 37.1 Å². The van der Waals surface area contributed by atoms with E-state index in [2.05, 4.69) is 15.3 Å². The molecule has 8 heteroatoms. The Hall–Kier alpha value is -3.78. The van der Waals surface area contributed by atoms with Crippen LogP contribution in [-0.4, -0.2) is 49.7 Å². The van der Waals surface area contributed by atoms with E-state index in [1.807, 2.05) is 36.4 Å². The molecule has 4 rings (SSSR count). The number of amides is 2. The predicted octanol–water partition coefficient (Wildman–Crippen LogP) is 3.31. The number of ketones is 1. The number of Topliss-reactive ketones (excluding diaryl/α,β-unsaturated/α-hetero) is 1. The lowest BCUT2D eigenvalue weighted by atomic mass is 9.93. The molecule has 0 saturated heterocycles. The first-order valence-corrected chi connectivity index (χ1v) is 11.2. The number of hydrogen-bond donors (Lipinski definition) is 3. The lowest BCUT2D eigenvalue weighted by molar-refractivity contribution is -0.135. The van der Waals surface area contributed by atoms with E-state index < -0.39 is 5.60 Å². The summed E-state index contributed by atoms with van der Waals surface area (Å²) in [5, 5.41) is 12.7. The number of aliphatic hydroxyl groups is 1. The fraction of sp³-hybridized carbons (Fsp3) is 0.308. The van der Waals surface area contributed by atoms with E-state index in [0.717, 1.165) is 22.4 Å². The number of anilines is 1. The molecule has 1 aromatic carbocycles. The van der Waals surface area contributed by atoms with Crippen molar-refractivity contribution in [1.82, 2.24) is 14.9 Å². The summed E-state index contributed by atoms with van der Waals surface area (Å²) < 4.78 is 0. The molecule has 3 N–H and O–H groups in total. The van der Waals surface area contributed by atoms with Crippen molar-refractivity contribution in [3.05, 3.63) is 71.0 Å². The maximum Gasteiger partial charge on any atom is 0.226 e. The van der Waals surface area contributed by atoms with Crippen LogP contribution in [0.15, 0.2) is 48.7 Å². The van der Waals surface area contributed by atoms with E-state index in [1.165, 1.54) is 11.8 Å². The number of rotatable bonds is 6. The van der Waals surface area contributed by atoms with Crippen LogP contribution in [0.1, 0.15) is 54.4 Å². The van der Waals surface area contributed by atoms with Gasteiger partial charge in [-0.25, -0.2) is 4.98 Å². The Kier molecular flexibility index (Phi) is 6.34. The van der Waals surface area contributed by atoms with Crippen LogP contribution in [0.3, 0.4) is 0 Å². The van der Waals surface area contributed by atoms with Crippen LogP contribution < -0.4 is 5.32 Å². The number of benzene rings is 1. The first-order chi connectivity index (χ1) is 16.1. The molecular weight excluding hydrogens is 432 g/mol. The molecule has 0 aliphatic carbocycles. The number of aromatic amines is 1. The van der Waals surface area contributed by atoms with Gasteiger partial charge >= 0.3 is 0 Å². The smallest absolute Gasteiger partial charge is 0.226 e. The highest BCUT2D eigenvalue weighted by Crippen LogP contribution is 2.34. The van der Waals surface area contributed by atoms with Gasteiger partial charge in [0.1, 0.15) is 5.82 Å². The highest BCUT2D eigenvalue weighted by Gasteiger charge is 2.33. The second-order valence-electron chi connectivity index (χ2n) is 9.27. The topological polar surface area (TPSA) is 115 Å². The molecule has 2 aromatic heterocycles. The van der Waals surface area contributed by atoms with E-state index in [1.54, 1.807) is 26.1 Å². The molecule has 0 unspecified atom stereocenters. The summed E-state index contributed by atoms with van der Waals surface area (Å²) in [6.07, 6.45) is 2.07. The van der Waals surface area contributed by atoms with Gasteiger partial charge in [0.15, 0.2) is 5.78 Å². The number of carbonyl (C=O) groups excluding carboxylic acids is 3. The molecule has 0 fully saturated rings. The molecule has 0 saturated carbocycles. The molecule has 1 aliphatic heterocycles. The maximum absolute atomic E-state index is 13.3. The van der Waals surface area contributed by atoms with Crippen molar-refractivity contribution in [3.63, 3.8) is 0 Å². The molecule has 2 amide bonds. The van der Waals surface area contributed by atoms with Gasteiger partial charge in [-0.1, -0.05) is 30.3 Å². The Morgan fingerprint density at radius 1 is 1.18 bits per heavy atom. The zero-order valence-corrected chi connectivity index (χ0v) is 19.5. The van der Waals surface area contributed by atoms with E-state index in [0.29, 0.717) is 23.5 Å². The third-order valence-corrected chi connectivity index (χ3v) is 5.66. The predicted molar refractivity (Wildman–Crippen MR) is 128 cm³/mol. The SMILES string of the molecule is CC(=O)Nc1cc(-c2[nH]c3c(c2Cc2ccccc2)C(=O)CN(C(=O)CC(C)(C)O)C3)ccn1. The standard InChI is InChI=1S/C26H28N4O4/c1-16(31)28-22-12-18(9-10-27-22)25-19(11-17-7-5-4-6-8-17)24-20(29-25)14-30(15-21(24)32)23(33)13-26(2,3)34/h4-10,12,29,34H,11,13-15H2,1-3H3,(H,27,28,31). The zero-order chi connectivity index (χ0) is 24.5. The normalized spacial score (nSPS) is 13.5. The molecule has 176 valence electrons. The van der Waals surface area contributed by atoms with Crippen molar-refractivity contribution in [2.24, 2.45) is 0 Å². The molecule has 3 aromatic rings. The molecule has 8 nitrogen and oxygen atoms in total. The van der Waals surface area contributed by atoms with Crippen molar-refractivity contribution in [2.75, 3.05) is 11.9 Å². The molecule has 1 aliphatic rings. The Balaban J connectivity index is 1.77. The number of fused-ring (bicyclic) bond motifs is 1. The maximum atomic E-state index is 13.3. The molecule has 3 heterocycles. The summed E-state index contributed by atoms with van der Waals surface area (Å²) in [7, 11) is 0. The minimum absolute atomic E-state index is 0.0333. The molecule has 0 spiro atoms. The van der Waals surface area contributed by atoms with Gasteiger partial charge in [0.2, 0.25) is 11.8 Å². The zero-order valence-electron chi connectivity index (χ0n) is 19.5. The van der Waals surface area contributed by atoms with Crippen LogP contribution in [0.2, 0.25) is 0 Å². The van der Waals surface area contributed by atoms with Gasteiger partial charge in [-0.3, -0.25) is 14.4 Å². The van der Waals surface area contributed by atoms with Gasteiger partial charge < -0.3 is 20.3 Å². The first kappa shape index (κ1) is 23.4. The highest BCUT2D eigenvalue weighted by atomic mass is 16.3. The Bertz CT molecular complexity index is 1240. The second-order valence-corrected chi connectivity index (χ2v) is 9.27. The largest absolute Gasteiger partial charge is 0.390 e. The second kappa shape index (κ2) is 9.23. The lowest BCUT2D eigenvalue weighted by Gasteiger charge is -2.29. The average molecular weight is 461 g/mol. The van der Waals surface area contributed by atoms with Crippen molar-refractivity contribution in [2.45, 2.75) is 45.8 Å². The van der Waals surface area contributed by atoms with Crippen molar-refractivity contribution >= 4 is 23.4 Å². The fourth-order valence-corrected chi connectivity index (χ4v) is 4.27. The van der Waals surface area contributed by atoms with Crippen LogP contribution in [0, 0.1) is 0 Å². The number of carbonyl (C=O) groups is 3. The average Bonchev–Trinajstić information content (AvgIpc) is 3.12. The first-order valence-electron chi connectivity index (χ1n) is 11.2. The third kappa shape index (κ3) is 5.23. The van der Waals surface area contributed by atoms with Gasteiger partial charge in [0.25, 0.3) is 0 Å². The monoisotopic (exact) mass is 460 g/mol. The van der Waals surface area contributed by atoms with Crippen LogP contribution in [0.4, 0.5) is 5.82 Å². The van der Waals surface area contributed by atoms with Crippen LogP contribution in [-0.2, 0) is 22.6 Å². The van der Waals surface area contributed by atoms with Gasteiger partial charge in [0.05, 0.1) is 30.8 Å². The summed E-state index contributed by atoms with van der Waals surface area (Å²) in [4.78, 5) is 46.6. The molecule has 34 heavy (non-hydrogen) atoms. The quantitative estimate of drug-likeness (QED) is 0.522. The minimum Gasteiger partial charge on any atom is -0.390 e. The summed E-state index contributed by atoms with van der Waals surface area (Å²) in [5.41, 5.74) is 3.55. The van der Waals surface area contributed by atoms with Crippen LogP contribution >= 0.6 is 0 Å². The Morgan fingerprint density at radius 2 is 1.91 bits per heavy atom. The van der Waals surface area contributed by atoms with Gasteiger partial charge in [-0.15, -0.1) is 0 Å². The molecule has 0 atom stereocenters. The summed E-state index contributed by atoms with van der Waals surface area (Å²) in [6, 6.07) is 13.4. The number of hydrogen-bond acceptors (Lipinski definition) is 5. The van der Waals surface area contributed by atoms with Crippen LogP contribution in [0.5, 0.6) is 0 Å². The van der Waals surface area contributed by atoms with E-state index in [-0.39, 0.29) is 37.1 Å². The fourth-order valence-electron chi connectivity index (χ4n) is 4.27. The Morgan fingerprint density at radius 3 is 2.59 bits per heavy atom. The minimum atomic E-state index is -1.16. The van der Waals surface area contributed by atoms with E-state index in [9.17, 15) is 19.5 Å². The number of nitrogens with zero attached hydrogens (tertiary/aromatic N) is 2. The Labute approximate surface area is 198 Å². The van der Waals surface area contributed by atoms with Crippen molar-refractivity contribution in [1.29, 1.82) is 0 Å². The van der Waals surface area contributed by atoms with Gasteiger partial charge in [-0.2, -0.15) is 0 Å². The summed E-state index contributed by atoms with van der Waals surface area (Å²) in [6.45, 7) is 4.78. The number of H-pyrrole nitrogens is 1. The lowest BCUT2D eigenvalue weighted by Crippen LogP contribution is -2.42. The van der Waals surface area contributed by atoms with E-state index >= 15 is 0 Å². The van der Waals surface area contributed by atoms with E-state index in [4.69, 9.17) is 0 Å². The number of pyridine rings is 1. The molecule has 0 bridgehead atoms. The summed E-state index contributed by atoms with van der Waals surface area (Å²) >= 11 is 0. The molecule has 0 radical (unpaired) electrons. The van der Waals surface area contributed by atoms with Crippen molar-refractivity contribution < 1.29 is 19.5 Å². The number of nitrogens with one attached hydrogen (secondary N) is 2. The third-order valence-electron chi connectivity index (χ3n) is 5.66. The van der Waals surface area contributed by atoms with Gasteiger partial charge in [0, 0.05) is 36.4 Å². The highest BCUT2D eigenvalue weighted by molar-refractivity contribution is 6.04. The summed E-state index contributed by atoms with van der Waals surface area (Å²) in [5.74, 6) is -0.230. The number of aromatic nitrogens is 2. The van der Waals surface area contributed by atoms with Crippen molar-refractivity contribution in [3.8, 4) is 11.3 Å². The van der Waals surface area contributed by atoms with Crippen LogP contribution in [0.25, 0.3) is 11.3 Å².